The summed E-state index contributed by atoms with van der Waals surface area (Å²) in [6.45, 7) is 7.85. The van der Waals surface area contributed by atoms with Crippen LogP contribution in [0.15, 0.2) is 53.4 Å². The van der Waals surface area contributed by atoms with Crippen LogP contribution in [0.3, 0.4) is 0 Å². The van der Waals surface area contributed by atoms with Gasteiger partial charge < -0.3 is 0 Å². The second-order valence-corrected chi connectivity index (χ2v) is 8.77. The smallest absolute Gasteiger partial charge is 0.240 e. The Kier molecular flexibility index (Phi) is 5.45. The molecule has 0 heterocycles. The highest BCUT2D eigenvalue weighted by atomic mass is 32.2. The van der Waals surface area contributed by atoms with Crippen molar-refractivity contribution in [3.05, 3.63) is 65.2 Å². The molecule has 0 bridgehead atoms. The van der Waals surface area contributed by atoms with Gasteiger partial charge in [0.2, 0.25) is 10.0 Å². The number of alkyl halides is 1. The van der Waals surface area contributed by atoms with E-state index in [1.165, 1.54) is 12.1 Å². The van der Waals surface area contributed by atoms with Gasteiger partial charge in [-0.15, -0.1) is 0 Å². The Hall–Kier alpha value is -1.72. The molecular weight excluding hydrogens is 325 g/mol. The summed E-state index contributed by atoms with van der Waals surface area (Å²) in [6, 6.07) is 13.7. The van der Waals surface area contributed by atoms with Crippen molar-refractivity contribution < 1.29 is 12.8 Å². The van der Waals surface area contributed by atoms with Crippen LogP contribution in [-0.4, -0.2) is 15.0 Å². The molecule has 1 unspecified atom stereocenters. The second-order valence-electron chi connectivity index (χ2n) is 7.00. The van der Waals surface area contributed by atoms with Gasteiger partial charge in [0, 0.05) is 6.54 Å². The quantitative estimate of drug-likeness (QED) is 0.876. The third kappa shape index (κ3) is 4.65. The molecule has 2 aromatic carbocycles. The first-order valence-electron chi connectivity index (χ1n) is 7.90. The number of halogens is 1. The molecule has 0 aliphatic rings. The molecule has 5 heteroatoms. The Labute approximate surface area is 144 Å². The first-order chi connectivity index (χ1) is 11.1. The molecule has 0 spiro atoms. The SMILES string of the molecule is Cc1ccc(S(=O)(=O)NCC(F)c2ccc(C(C)(C)C)cc2)cc1. The zero-order valence-corrected chi connectivity index (χ0v) is 15.3. The largest absolute Gasteiger partial charge is 0.241 e. The van der Waals surface area contributed by atoms with E-state index in [-0.39, 0.29) is 16.9 Å². The lowest BCUT2D eigenvalue weighted by Crippen LogP contribution is -2.27. The fourth-order valence-electron chi connectivity index (χ4n) is 2.29. The van der Waals surface area contributed by atoms with Gasteiger partial charge in [0.05, 0.1) is 4.90 Å². The third-order valence-electron chi connectivity index (χ3n) is 3.92. The molecule has 2 aromatic rings. The van der Waals surface area contributed by atoms with Crippen molar-refractivity contribution in [3.8, 4) is 0 Å². The monoisotopic (exact) mass is 349 g/mol. The topological polar surface area (TPSA) is 46.2 Å². The summed E-state index contributed by atoms with van der Waals surface area (Å²) in [5.74, 6) is 0. The van der Waals surface area contributed by atoms with E-state index in [2.05, 4.69) is 25.5 Å². The number of aryl methyl sites for hydroxylation is 1. The van der Waals surface area contributed by atoms with E-state index < -0.39 is 16.2 Å². The summed E-state index contributed by atoms with van der Waals surface area (Å²) >= 11 is 0. The highest BCUT2D eigenvalue weighted by Crippen LogP contribution is 2.25. The second kappa shape index (κ2) is 7.03. The van der Waals surface area contributed by atoms with E-state index in [9.17, 15) is 12.8 Å². The van der Waals surface area contributed by atoms with E-state index in [0.717, 1.165) is 11.1 Å². The zero-order chi connectivity index (χ0) is 18.0. The van der Waals surface area contributed by atoms with Gasteiger partial charge >= 0.3 is 0 Å². The standard InChI is InChI=1S/C19H24FNO2S/c1-14-5-11-17(12-6-14)24(22,23)21-13-18(20)15-7-9-16(10-8-15)19(2,3)4/h5-12,18,21H,13H2,1-4H3. The van der Waals surface area contributed by atoms with E-state index in [1.54, 1.807) is 24.3 Å². The van der Waals surface area contributed by atoms with Crippen molar-refractivity contribution in [2.75, 3.05) is 6.54 Å². The van der Waals surface area contributed by atoms with Gasteiger partial charge in [-0.1, -0.05) is 62.7 Å². The van der Waals surface area contributed by atoms with Gasteiger partial charge in [-0.3, -0.25) is 0 Å². The summed E-state index contributed by atoms with van der Waals surface area (Å²) in [6.07, 6.45) is -1.39. The lowest BCUT2D eigenvalue weighted by molar-refractivity contribution is 0.343. The third-order valence-corrected chi connectivity index (χ3v) is 5.36. The Morgan fingerprint density at radius 2 is 1.54 bits per heavy atom. The van der Waals surface area contributed by atoms with Crippen LogP contribution in [0.25, 0.3) is 0 Å². The highest BCUT2D eigenvalue weighted by Gasteiger charge is 2.19. The maximum Gasteiger partial charge on any atom is 0.240 e. The van der Waals surface area contributed by atoms with Crippen molar-refractivity contribution in [2.45, 2.75) is 44.2 Å². The summed E-state index contributed by atoms with van der Waals surface area (Å²) in [5, 5.41) is 0. The zero-order valence-electron chi connectivity index (χ0n) is 14.5. The van der Waals surface area contributed by atoms with Gasteiger partial charge in [0.15, 0.2) is 0 Å². The molecule has 0 radical (unpaired) electrons. The average Bonchev–Trinajstić information content (AvgIpc) is 2.52. The van der Waals surface area contributed by atoms with Crippen LogP contribution in [-0.2, 0) is 15.4 Å². The molecule has 24 heavy (non-hydrogen) atoms. The number of rotatable bonds is 5. The molecule has 0 aliphatic carbocycles. The van der Waals surface area contributed by atoms with E-state index in [0.29, 0.717) is 5.56 Å². The van der Waals surface area contributed by atoms with Crippen LogP contribution in [0.2, 0.25) is 0 Å². The Bertz CT molecular complexity index is 776. The van der Waals surface area contributed by atoms with E-state index in [4.69, 9.17) is 0 Å². The van der Waals surface area contributed by atoms with Crippen LogP contribution < -0.4 is 4.72 Å². The minimum atomic E-state index is -3.70. The van der Waals surface area contributed by atoms with E-state index in [1.807, 2.05) is 19.1 Å². The first kappa shape index (κ1) is 18.6. The van der Waals surface area contributed by atoms with Crippen LogP contribution in [0.1, 0.15) is 43.6 Å². The van der Waals surface area contributed by atoms with Crippen LogP contribution in [0, 0.1) is 6.92 Å². The predicted octanol–water partition coefficient (Wildman–Crippen LogP) is 4.28. The van der Waals surface area contributed by atoms with E-state index >= 15 is 0 Å². The Morgan fingerprint density at radius 1 is 1.00 bits per heavy atom. The lowest BCUT2D eigenvalue weighted by atomic mass is 9.86. The fraction of sp³-hybridized carbons (Fsp3) is 0.368. The summed E-state index contributed by atoms with van der Waals surface area (Å²) in [7, 11) is -3.70. The average molecular weight is 349 g/mol. The molecule has 1 atom stereocenters. The number of nitrogens with one attached hydrogen (secondary N) is 1. The molecular formula is C19H24FNO2S. The molecule has 3 nitrogen and oxygen atoms in total. The summed E-state index contributed by atoms with van der Waals surface area (Å²) in [5.41, 5.74) is 2.54. The van der Waals surface area contributed by atoms with Crippen molar-refractivity contribution in [1.82, 2.24) is 4.72 Å². The maximum absolute atomic E-state index is 14.3. The molecule has 0 fully saturated rings. The first-order valence-corrected chi connectivity index (χ1v) is 9.39. The maximum atomic E-state index is 14.3. The minimum absolute atomic E-state index is 0.00261. The summed E-state index contributed by atoms with van der Waals surface area (Å²) in [4.78, 5) is 0.142. The van der Waals surface area contributed by atoms with Gasteiger partial charge in [0.25, 0.3) is 0 Å². The predicted molar refractivity (Wildman–Crippen MR) is 95.4 cm³/mol. The van der Waals surface area contributed by atoms with Crippen LogP contribution in [0.5, 0.6) is 0 Å². The van der Waals surface area contributed by atoms with Gasteiger partial charge in [0.1, 0.15) is 6.17 Å². The molecule has 0 aliphatic heterocycles. The molecule has 0 saturated heterocycles. The number of hydrogen-bond donors (Lipinski definition) is 1. The highest BCUT2D eigenvalue weighted by molar-refractivity contribution is 7.89. The van der Waals surface area contributed by atoms with Crippen LogP contribution >= 0.6 is 0 Å². The molecule has 0 amide bonds. The fourth-order valence-corrected chi connectivity index (χ4v) is 3.32. The van der Waals surface area contributed by atoms with Crippen LogP contribution in [0.4, 0.5) is 4.39 Å². The van der Waals surface area contributed by atoms with Crippen molar-refractivity contribution in [3.63, 3.8) is 0 Å². The molecule has 2 rings (SSSR count). The van der Waals surface area contributed by atoms with Gasteiger partial charge in [-0.25, -0.2) is 17.5 Å². The number of sulfonamides is 1. The lowest BCUT2D eigenvalue weighted by Gasteiger charge is -2.19. The van der Waals surface area contributed by atoms with Crippen molar-refractivity contribution in [1.29, 1.82) is 0 Å². The number of benzene rings is 2. The van der Waals surface area contributed by atoms with Gasteiger partial charge in [-0.2, -0.15) is 0 Å². The normalized spacial score (nSPS) is 13.7. The Balaban J connectivity index is 2.04. The van der Waals surface area contributed by atoms with Crippen molar-refractivity contribution in [2.24, 2.45) is 0 Å². The Morgan fingerprint density at radius 3 is 2.04 bits per heavy atom. The summed E-state index contributed by atoms with van der Waals surface area (Å²) < 4.78 is 41.1. The molecule has 1 N–H and O–H groups in total. The molecule has 0 saturated carbocycles. The molecule has 130 valence electrons. The minimum Gasteiger partial charge on any atom is -0.241 e. The number of hydrogen-bond acceptors (Lipinski definition) is 2. The molecule has 0 aromatic heterocycles. The van der Waals surface area contributed by atoms with Crippen molar-refractivity contribution >= 4 is 10.0 Å². The van der Waals surface area contributed by atoms with Gasteiger partial charge in [-0.05, 0) is 35.6 Å².